The van der Waals surface area contributed by atoms with Crippen LogP contribution in [0, 0.1) is 0 Å². The molecule has 0 saturated carbocycles. The van der Waals surface area contributed by atoms with Gasteiger partial charge in [0, 0.05) is 17.0 Å². The maximum absolute atomic E-state index is 12.8. The second-order valence-electron chi connectivity index (χ2n) is 6.55. The van der Waals surface area contributed by atoms with Gasteiger partial charge < -0.3 is 14.8 Å². The summed E-state index contributed by atoms with van der Waals surface area (Å²) in [5.74, 6) is 1.04. The number of carbonyl (C=O) groups excluding carboxylic acids is 1. The minimum Gasteiger partial charge on any atom is -0.486 e. The fourth-order valence-electron chi connectivity index (χ4n) is 3.53. The molecule has 0 atom stereocenters. The van der Waals surface area contributed by atoms with E-state index in [0.717, 1.165) is 12.8 Å². The lowest BCUT2D eigenvalue weighted by Crippen LogP contribution is -2.16. The summed E-state index contributed by atoms with van der Waals surface area (Å²) in [6.45, 7) is 0.982. The normalized spacial score (nSPS) is 14.3. The lowest BCUT2D eigenvalue weighted by atomic mass is 9.91. The van der Waals surface area contributed by atoms with Gasteiger partial charge in [0.1, 0.15) is 13.2 Å². The lowest BCUT2D eigenvalue weighted by Gasteiger charge is -2.19. The van der Waals surface area contributed by atoms with Gasteiger partial charge in [0.15, 0.2) is 11.5 Å². The van der Waals surface area contributed by atoms with E-state index in [1.807, 2.05) is 12.1 Å². The molecule has 6 heteroatoms. The van der Waals surface area contributed by atoms with Crippen LogP contribution in [0.4, 0.5) is 5.69 Å². The van der Waals surface area contributed by atoms with Gasteiger partial charge in [0.2, 0.25) is 0 Å². The van der Waals surface area contributed by atoms with Gasteiger partial charge in [-0.1, -0.05) is 35.9 Å². The average Bonchev–Trinajstić information content (AvgIpc) is 3.13. The van der Waals surface area contributed by atoms with Gasteiger partial charge in [-0.2, -0.15) is 0 Å². The van der Waals surface area contributed by atoms with Crippen molar-refractivity contribution in [3.8, 4) is 21.9 Å². The molecule has 0 bridgehead atoms. The van der Waals surface area contributed by atoms with Crippen LogP contribution in [0.5, 0.6) is 11.5 Å². The van der Waals surface area contributed by atoms with Crippen LogP contribution in [-0.4, -0.2) is 19.1 Å². The van der Waals surface area contributed by atoms with Crippen molar-refractivity contribution in [3.63, 3.8) is 0 Å². The first-order chi connectivity index (χ1) is 13.2. The lowest BCUT2D eigenvalue weighted by molar-refractivity contribution is 0.103. The Morgan fingerprint density at radius 1 is 1.00 bits per heavy atom. The Bertz CT molecular complexity index is 1060. The summed E-state index contributed by atoms with van der Waals surface area (Å²) in [6, 6.07) is 13.8. The number of nitrogens with one attached hydrogen (secondary N) is 1. The highest BCUT2D eigenvalue weighted by molar-refractivity contribution is 7.17. The second-order valence-corrected chi connectivity index (χ2v) is 8.01. The number of aryl methyl sites for hydroxylation is 2. The molecule has 27 heavy (non-hydrogen) atoms. The number of ether oxygens (including phenoxy) is 2. The Kier molecular flexibility index (Phi) is 4.06. The van der Waals surface area contributed by atoms with Crippen molar-refractivity contribution in [2.75, 3.05) is 18.5 Å². The molecule has 5 rings (SSSR count). The quantitative estimate of drug-likeness (QED) is 0.647. The number of thiophene rings is 1. The van der Waals surface area contributed by atoms with Gasteiger partial charge in [0.25, 0.3) is 5.91 Å². The first kappa shape index (κ1) is 16.7. The average molecular weight is 398 g/mol. The molecule has 2 heterocycles. The van der Waals surface area contributed by atoms with Gasteiger partial charge in [-0.15, -0.1) is 11.3 Å². The minimum absolute atomic E-state index is 0.162. The minimum atomic E-state index is -0.162. The van der Waals surface area contributed by atoms with Gasteiger partial charge in [0.05, 0.1) is 15.6 Å². The number of amides is 1. The molecular formula is C21H16ClNO3S. The van der Waals surface area contributed by atoms with Crippen molar-refractivity contribution >= 4 is 34.5 Å². The van der Waals surface area contributed by atoms with E-state index in [4.69, 9.17) is 21.1 Å². The van der Waals surface area contributed by atoms with E-state index in [2.05, 4.69) is 23.5 Å². The number of hydrogen-bond acceptors (Lipinski definition) is 4. The van der Waals surface area contributed by atoms with E-state index in [1.54, 1.807) is 12.1 Å². The summed E-state index contributed by atoms with van der Waals surface area (Å²) >= 11 is 7.84. The van der Waals surface area contributed by atoms with Crippen LogP contribution < -0.4 is 14.8 Å². The Labute approximate surface area is 165 Å². The highest BCUT2D eigenvalue weighted by Gasteiger charge is 2.22. The maximum Gasteiger partial charge on any atom is 0.265 e. The second kappa shape index (κ2) is 6.59. The summed E-state index contributed by atoms with van der Waals surface area (Å²) in [5.41, 5.74) is 4.34. The van der Waals surface area contributed by atoms with Gasteiger partial charge in [-0.05, 0) is 35.6 Å². The summed E-state index contributed by atoms with van der Waals surface area (Å²) in [5, 5.41) is 3.34. The highest BCUT2D eigenvalue weighted by Crippen LogP contribution is 2.41. The van der Waals surface area contributed by atoms with Crippen molar-refractivity contribution in [1.29, 1.82) is 0 Å². The third kappa shape index (κ3) is 2.97. The molecule has 136 valence electrons. The highest BCUT2D eigenvalue weighted by atomic mass is 35.5. The zero-order valence-corrected chi connectivity index (χ0v) is 16.0. The molecule has 0 unspecified atom stereocenters. The fourth-order valence-corrected chi connectivity index (χ4v) is 4.89. The van der Waals surface area contributed by atoms with E-state index in [9.17, 15) is 4.79 Å². The van der Waals surface area contributed by atoms with Crippen molar-refractivity contribution in [2.24, 2.45) is 0 Å². The van der Waals surface area contributed by atoms with Gasteiger partial charge in [-0.25, -0.2) is 0 Å². The molecule has 1 aliphatic heterocycles. The fraction of sp³-hybridized carbons (Fsp3) is 0.190. The summed E-state index contributed by atoms with van der Waals surface area (Å²) in [4.78, 5) is 14.7. The van der Waals surface area contributed by atoms with Crippen LogP contribution in [0.15, 0.2) is 42.5 Å². The monoisotopic (exact) mass is 397 g/mol. The topological polar surface area (TPSA) is 47.6 Å². The zero-order valence-electron chi connectivity index (χ0n) is 14.4. The predicted molar refractivity (Wildman–Crippen MR) is 108 cm³/mol. The Morgan fingerprint density at radius 2 is 1.74 bits per heavy atom. The third-order valence-electron chi connectivity index (χ3n) is 4.84. The first-order valence-electron chi connectivity index (χ1n) is 8.80. The molecule has 1 aliphatic carbocycles. The predicted octanol–water partition coefficient (Wildman–Crippen LogP) is 5.19. The van der Waals surface area contributed by atoms with E-state index >= 15 is 0 Å². The van der Waals surface area contributed by atoms with E-state index in [1.165, 1.54) is 32.9 Å². The van der Waals surface area contributed by atoms with E-state index < -0.39 is 0 Å². The number of benzene rings is 2. The van der Waals surface area contributed by atoms with Crippen LogP contribution in [0.1, 0.15) is 20.8 Å². The Hall–Kier alpha value is -2.50. The first-order valence-corrected chi connectivity index (χ1v) is 10.00. The van der Waals surface area contributed by atoms with Crippen LogP contribution in [0.25, 0.3) is 10.4 Å². The zero-order chi connectivity index (χ0) is 18.4. The van der Waals surface area contributed by atoms with Gasteiger partial charge >= 0.3 is 0 Å². The van der Waals surface area contributed by atoms with Crippen molar-refractivity contribution in [3.05, 3.63) is 63.5 Å². The molecule has 0 fully saturated rings. The summed E-state index contributed by atoms with van der Waals surface area (Å²) in [7, 11) is 0. The number of halogens is 1. The van der Waals surface area contributed by atoms with Crippen molar-refractivity contribution in [1.82, 2.24) is 0 Å². The van der Waals surface area contributed by atoms with E-state index in [0.29, 0.717) is 40.3 Å². The van der Waals surface area contributed by atoms with E-state index in [-0.39, 0.29) is 5.91 Å². The largest absolute Gasteiger partial charge is 0.486 e. The number of anilines is 1. The number of rotatable bonds is 2. The number of fused-ring (bicyclic) bond motifs is 4. The Morgan fingerprint density at radius 3 is 2.59 bits per heavy atom. The molecule has 3 aromatic rings. The van der Waals surface area contributed by atoms with Crippen molar-refractivity contribution in [2.45, 2.75) is 12.8 Å². The molecule has 1 amide bonds. The molecule has 0 spiro atoms. The summed E-state index contributed by atoms with van der Waals surface area (Å²) in [6.07, 6.45) is 1.97. The molecule has 2 aliphatic rings. The SMILES string of the molecule is O=C(Nc1cc2c(cc1Cl)OCCO2)c1cc2c(s1)-c1ccccc1CC2. The van der Waals surface area contributed by atoms with Crippen molar-refractivity contribution < 1.29 is 14.3 Å². The molecule has 2 aromatic carbocycles. The third-order valence-corrected chi connectivity index (χ3v) is 6.36. The van der Waals surface area contributed by atoms with Crippen LogP contribution in [-0.2, 0) is 12.8 Å². The van der Waals surface area contributed by atoms with Crippen LogP contribution in [0.2, 0.25) is 5.02 Å². The molecular weight excluding hydrogens is 382 g/mol. The van der Waals surface area contributed by atoms with Crippen LogP contribution >= 0.6 is 22.9 Å². The molecule has 0 saturated heterocycles. The standard InChI is InChI=1S/C21H16ClNO3S/c22-15-10-17-18(26-8-7-25-17)11-16(15)23-21(24)19-9-13-6-5-12-3-1-2-4-14(12)20(13)27-19/h1-4,9-11H,5-8H2,(H,23,24). The number of hydrogen-bond donors (Lipinski definition) is 1. The smallest absolute Gasteiger partial charge is 0.265 e. The maximum atomic E-state index is 12.8. The van der Waals surface area contributed by atoms with Crippen LogP contribution in [0.3, 0.4) is 0 Å². The van der Waals surface area contributed by atoms with Gasteiger partial charge in [-0.3, -0.25) is 4.79 Å². The molecule has 4 nitrogen and oxygen atoms in total. The molecule has 1 aromatic heterocycles. The number of carbonyl (C=O) groups is 1. The molecule has 0 radical (unpaired) electrons. The summed E-state index contributed by atoms with van der Waals surface area (Å²) < 4.78 is 11.1. The Balaban J connectivity index is 1.44. The molecule has 1 N–H and O–H groups in total.